The van der Waals surface area contributed by atoms with Gasteiger partial charge in [0.15, 0.2) is 11.5 Å². The molecule has 20 heavy (non-hydrogen) atoms. The number of carbonyl (C=O) groups is 1. The Morgan fingerprint density at radius 2 is 1.65 bits per heavy atom. The molecule has 1 aromatic rings. The van der Waals surface area contributed by atoms with Crippen LogP contribution in [-0.4, -0.2) is 32.8 Å². The highest BCUT2D eigenvalue weighted by molar-refractivity contribution is 5.92. The van der Waals surface area contributed by atoms with E-state index in [0.29, 0.717) is 22.9 Å². The second-order valence-electron chi connectivity index (χ2n) is 5.13. The van der Waals surface area contributed by atoms with Gasteiger partial charge in [-0.2, -0.15) is 0 Å². The molecule has 0 fully saturated rings. The number of carbonyl (C=O) groups excluding carboxylic acids is 1. The fourth-order valence-electron chi connectivity index (χ4n) is 1.77. The zero-order valence-electron chi connectivity index (χ0n) is 12.6. The van der Waals surface area contributed by atoms with Crippen molar-refractivity contribution in [1.29, 1.82) is 0 Å². The number of benzene rings is 1. The average molecular weight is 282 g/mol. The summed E-state index contributed by atoms with van der Waals surface area (Å²) in [4.78, 5) is 11.9. The van der Waals surface area contributed by atoms with Crippen molar-refractivity contribution < 1.29 is 19.0 Å². The average Bonchev–Trinajstić information content (AvgIpc) is 2.35. The van der Waals surface area contributed by atoms with Gasteiger partial charge in [-0.05, 0) is 13.8 Å². The third kappa shape index (κ3) is 4.31. The Bertz CT molecular complexity index is 456. The largest absolute Gasteiger partial charge is 0.493 e. The van der Waals surface area contributed by atoms with Crippen LogP contribution in [0.15, 0.2) is 12.1 Å². The van der Waals surface area contributed by atoms with Crippen LogP contribution in [0.25, 0.3) is 0 Å². The summed E-state index contributed by atoms with van der Waals surface area (Å²) in [5, 5.41) is 2.76. The van der Waals surface area contributed by atoms with Gasteiger partial charge in [-0.25, -0.2) is 0 Å². The van der Waals surface area contributed by atoms with Gasteiger partial charge in [0.1, 0.15) is 0 Å². The third-order valence-corrected chi connectivity index (χ3v) is 2.56. The molecule has 0 aliphatic heterocycles. The van der Waals surface area contributed by atoms with Crippen molar-refractivity contribution in [2.24, 2.45) is 5.73 Å². The first-order chi connectivity index (χ1) is 9.30. The van der Waals surface area contributed by atoms with E-state index in [-0.39, 0.29) is 12.3 Å². The van der Waals surface area contributed by atoms with Gasteiger partial charge in [0.2, 0.25) is 11.7 Å². The van der Waals surface area contributed by atoms with Crippen LogP contribution in [-0.2, 0) is 4.79 Å². The Morgan fingerprint density at radius 3 is 2.00 bits per heavy atom. The Kier molecular flexibility index (Phi) is 5.21. The van der Waals surface area contributed by atoms with Gasteiger partial charge in [0.25, 0.3) is 0 Å². The number of anilines is 1. The Balaban J connectivity index is 2.99. The van der Waals surface area contributed by atoms with Crippen LogP contribution in [0.3, 0.4) is 0 Å². The molecule has 112 valence electrons. The normalized spacial score (nSPS) is 10.9. The number of nitrogens with two attached hydrogens (primary N) is 1. The molecule has 0 aliphatic carbocycles. The van der Waals surface area contributed by atoms with Crippen LogP contribution in [0.1, 0.15) is 20.3 Å². The lowest BCUT2D eigenvalue weighted by Gasteiger charge is -2.18. The van der Waals surface area contributed by atoms with Crippen molar-refractivity contribution in [3.8, 4) is 17.2 Å². The fraction of sp³-hybridized carbons (Fsp3) is 0.500. The molecule has 0 atom stereocenters. The van der Waals surface area contributed by atoms with Crippen molar-refractivity contribution in [3.63, 3.8) is 0 Å². The van der Waals surface area contributed by atoms with E-state index in [1.807, 2.05) is 0 Å². The molecule has 0 saturated heterocycles. The standard InChI is InChI=1S/C14H22N2O4/c1-14(2,15)8-12(17)16-9-6-10(18-3)13(20-5)11(7-9)19-4/h6-7H,8,15H2,1-5H3,(H,16,17). The molecule has 0 saturated carbocycles. The summed E-state index contributed by atoms with van der Waals surface area (Å²) >= 11 is 0. The fourth-order valence-corrected chi connectivity index (χ4v) is 1.77. The molecule has 0 aliphatic rings. The Morgan fingerprint density at radius 1 is 1.15 bits per heavy atom. The minimum absolute atomic E-state index is 0.174. The van der Waals surface area contributed by atoms with E-state index in [1.54, 1.807) is 26.0 Å². The van der Waals surface area contributed by atoms with Gasteiger partial charge < -0.3 is 25.3 Å². The van der Waals surface area contributed by atoms with Crippen molar-refractivity contribution in [2.45, 2.75) is 25.8 Å². The summed E-state index contributed by atoms with van der Waals surface area (Å²) in [5.74, 6) is 1.27. The number of amides is 1. The van der Waals surface area contributed by atoms with Crippen LogP contribution in [0.4, 0.5) is 5.69 Å². The SMILES string of the molecule is COc1cc(NC(=O)CC(C)(C)N)cc(OC)c1OC. The molecule has 6 nitrogen and oxygen atoms in total. The third-order valence-electron chi connectivity index (χ3n) is 2.56. The maximum Gasteiger partial charge on any atom is 0.226 e. The summed E-state index contributed by atoms with van der Waals surface area (Å²) in [7, 11) is 4.56. The molecule has 3 N–H and O–H groups in total. The van der Waals surface area contributed by atoms with Crippen molar-refractivity contribution in [3.05, 3.63) is 12.1 Å². The molecule has 0 aromatic heterocycles. The highest BCUT2D eigenvalue weighted by Gasteiger charge is 2.18. The number of ether oxygens (including phenoxy) is 3. The predicted octanol–water partition coefficient (Wildman–Crippen LogP) is 1.78. The van der Waals surface area contributed by atoms with E-state index in [0.717, 1.165) is 0 Å². The highest BCUT2D eigenvalue weighted by Crippen LogP contribution is 2.39. The molecule has 1 amide bonds. The first-order valence-corrected chi connectivity index (χ1v) is 6.19. The maximum absolute atomic E-state index is 11.9. The topological polar surface area (TPSA) is 82.8 Å². The monoisotopic (exact) mass is 282 g/mol. The summed E-state index contributed by atoms with van der Waals surface area (Å²) in [6.07, 6.45) is 0.212. The van der Waals surface area contributed by atoms with Gasteiger partial charge in [0, 0.05) is 29.8 Å². The van der Waals surface area contributed by atoms with Gasteiger partial charge in [-0.15, -0.1) is 0 Å². The first-order valence-electron chi connectivity index (χ1n) is 6.19. The molecule has 1 rings (SSSR count). The minimum Gasteiger partial charge on any atom is -0.493 e. The number of rotatable bonds is 6. The molecule has 1 aromatic carbocycles. The molecular formula is C14H22N2O4. The lowest BCUT2D eigenvalue weighted by molar-refractivity contribution is -0.117. The van der Waals surface area contributed by atoms with E-state index in [1.165, 1.54) is 21.3 Å². The van der Waals surface area contributed by atoms with Gasteiger partial charge in [-0.1, -0.05) is 0 Å². The molecule has 0 unspecified atom stereocenters. The quantitative estimate of drug-likeness (QED) is 0.831. The van der Waals surface area contributed by atoms with Crippen LogP contribution in [0, 0.1) is 0 Å². The summed E-state index contributed by atoms with van der Waals surface area (Å²) < 4.78 is 15.7. The molecular weight excluding hydrogens is 260 g/mol. The van der Waals surface area contributed by atoms with Crippen molar-refractivity contribution >= 4 is 11.6 Å². The van der Waals surface area contributed by atoms with Crippen molar-refractivity contribution in [2.75, 3.05) is 26.6 Å². The zero-order chi connectivity index (χ0) is 15.3. The van der Waals surface area contributed by atoms with Crippen LogP contribution in [0.5, 0.6) is 17.2 Å². The summed E-state index contributed by atoms with van der Waals surface area (Å²) in [6, 6.07) is 3.34. The van der Waals surface area contributed by atoms with Crippen LogP contribution >= 0.6 is 0 Å². The smallest absolute Gasteiger partial charge is 0.226 e. The highest BCUT2D eigenvalue weighted by atomic mass is 16.5. The van der Waals surface area contributed by atoms with E-state index >= 15 is 0 Å². The summed E-state index contributed by atoms with van der Waals surface area (Å²) in [6.45, 7) is 3.59. The van der Waals surface area contributed by atoms with Gasteiger partial charge in [-0.3, -0.25) is 4.79 Å². The lowest BCUT2D eigenvalue weighted by Crippen LogP contribution is -2.36. The Hall–Kier alpha value is -1.95. The number of nitrogens with one attached hydrogen (secondary N) is 1. The predicted molar refractivity (Wildman–Crippen MR) is 77.6 cm³/mol. The lowest BCUT2D eigenvalue weighted by atomic mass is 10.0. The van der Waals surface area contributed by atoms with E-state index in [9.17, 15) is 4.79 Å². The number of hydrogen-bond donors (Lipinski definition) is 2. The van der Waals surface area contributed by atoms with E-state index < -0.39 is 5.54 Å². The number of methoxy groups -OCH3 is 3. The van der Waals surface area contributed by atoms with Crippen molar-refractivity contribution in [1.82, 2.24) is 0 Å². The minimum atomic E-state index is -0.565. The molecule has 0 heterocycles. The second-order valence-corrected chi connectivity index (χ2v) is 5.13. The summed E-state index contributed by atoms with van der Waals surface area (Å²) in [5.41, 5.74) is 5.82. The number of hydrogen-bond acceptors (Lipinski definition) is 5. The van der Waals surface area contributed by atoms with E-state index in [4.69, 9.17) is 19.9 Å². The van der Waals surface area contributed by atoms with E-state index in [2.05, 4.69) is 5.32 Å². The molecule has 0 bridgehead atoms. The second kappa shape index (κ2) is 6.47. The van der Waals surface area contributed by atoms with Crippen LogP contribution < -0.4 is 25.3 Å². The first kappa shape index (κ1) is 16.1. The molecule has 6 heteroatoms. The van der Waals surface area contributed by atoms with Gasteiger partial charge >= 0.3 is 0 Å². The molecule has 0 spiro atoms. The zero-order valence-corrected chi connectivity index (χ0v) is 12.6. The Labute approximate surface area is 119 Å². The maximum atomic E-state index is 11.9. The van der Waals surface area contributed by atoms with Gasteiger partial charge in [0.05, 0.1) is 21.3 Å². The van der Waals surface area contributed by atoms with Crippen LogP contribution in [0.2, 0.25) is 0 Å². The molecule has 0 radical (unpaired) electrons.